The average Bonchev–Trinajstić information content (AvgIpc) is 2.88. The third kappa shape index (κ3) is 3.10. The molecule has 102 valence electrons. The first-order chi connectivity index (χ1) is 9.13. The largest absolute Gasteiger partial charge is 0.480 e. The number of hydrogen-bond acceptors (Lipinski definition) is 3. The van der Waals surface area contributed by atoms with Crippen LogP contribution in [0.5, 0.6) is 0 Å². The van der Waals surface area contributed by atoms with E-state index in [1.807, 2.05) is 18.4 Å². The topological polar surface area (TPSA) is 57.6 Å². The second-order valence-electron chi connectivity index (χ2n) is 4.62. The van der Waals surface area contributed by atoms with E-state index in [-0.39, 0.29) is 5.91 Å². The Hall–Kier alpha value is -1.49. The maximum atomic E-state index is 12.3. The normalized spacial score (nSPS) is 18.6. The summed E-state index contributed by atoms with van der Waals surface area (Å²) in [5.41, 5.74) is 1.73. The van der Waals surface area contributed by atoms with E-state index >= 15 is 0 Å². The monoisotopic (exact) mass is 279 g/mol. The smallest absolute Gasteiger partial charge is 0.326 e. The van der Waals surface area contributed by atoms with Crippen LogP contribution in [0.15, 0.2) is 24.3 Å². The minimum Gasteiger partial charge on any atom is -0.480 e. The molecule has 5 heteroatoms. The lowest BCUT2D eigenvalue weighted by molar-refractivity contribution is -0.141. The van der Waals surface area contributed by atoms with Crippen LogP contribution >= 0.6 is 11.8 Å². The SMILES string of the molecule is CSCc1ccc(C(=O)N2CCCC2C(=O)O)cc1. The minimum absolute atomic E-state index is 0.180. The third-order valence-electron chi connectivity index (χ3n) is 3.31. The Bertz CT molecular complexity index is 472. The molecule has 0 bridgehead atoms. The summed E-state index contributed by atoms with van der Waals surface area (Å²) in [6, 6.07) is 6.75. The molecule has 1 amide bonds. The average molecular weight is 279 g/mol. The highest BCUT2D eigenvalue weighted by molar-refractivity contribution is 7.97. The molecule has 1 aromatic rings. The molecule has 0 aromatic heterocycles. The van der Waals surface area contributed by atoms with Gasteiger partial charge in [0.2, 0.25) is 0 Å². The first-order valence-corrected chi connectivity index (χ1v) is 7.64. The van der Waals surface area contributed by atoms with Gasteiger partial charge < -0.3 is 10.0 Å². The highest BCUT2D eigenvalue weighted by Gasteiger charge is 2.34. The lowest BCUT2D eigenvalue weighted by Crippen LogP contribution is -2.40. The molecule has 1 unspecified atom stereocenters. The summed E-state index contributed by atoms with van der Waals surface area (Å²) in [6.45, 7) is 0.530. The van der Waals surface area contributed by atoms with Crippen molar-refractivity contribution in [2.24, 2.45) is 0 Å². The van der Waals surface area contributed by atoms with E-state index in [4.69, 9.17) is 5.11 Å². The van der Waals surface area contributed by atoms with Gasteiger partial charge in [0.1, 0.15) is 6.04 Å². The third-order valence-corrected chi connectivity index (χ3v) is 3.93. The second-order valence-corrected chi connectivity index (χ2v) is 5.49. The van der Waals surface area contributed by atoms with Gasteiger partial charge in [-0.05, 0) is 36.8 Å². The fourth-order valence-corrected chi connectivity index (χ4v) is 2.87. The molecule has 1 aliphatic rings. The zero-order chi connectivity index (χ0) is 13.8. The Morgan fingerprint density at radius 1 is 1.37 bits per heavy atom. The molecular weight excluding hydrogens is 262 g/mol. The highest BCUT2D eigenvalue weighted by Crippen LogP contribution is 2.21. The number of benzene rings is 1. The van der Waals surface area contributed by atoms with Gasteiger partial charge in [0.25, 0.3) is 5.91 Å². The number of rotatable bonds is 4. The number of aliphatic carboxylic acids is 1. The molecule has 4 nitrogen and oxygen atoms in total. The predicted octanol–water partition coefficient (Wildman–Crippen LogP) is 2.24. The van der Waals surface area contributed by atoms with E-state index in [0.717, 1.165) is 12.2 Å². The Kier molecular flexibility index (Phi) is 4.47. The summed E-state index contributed by atoms with van der Waals surface area (Å²) in [4.78, 5) is 24.8. The summed E-state index contributed by atoms with van der Waals surface area (Å²) >= 11 is 1.73. The number of carbonyl (C=O) groups is 2. The lowest BCUT2D eigenvalue weighted by atomic mass is 10.1. The van der Waals surface area contributed by atoms with Gasteiger partial charge in [-0.15, -0.1) is 0 Å². The number of thioether (sulfide) groups is 1. The quantitative estimate of drug-likeness (QED) is 0.918. The van der Waals surface area contributed by atoms with Crippen LogP contribution in [0.2, 0.25) is 0 Å². The highest BCUT2D eigenvalue weighted by atomic mass is 32.2. The molecule has 1 aliphatic heterocycles. The van der Waals surface area contributed by atoms with E-state index < -0.39 is 12.0 Å². The number of carboxylic acids is 1. The molecule has 0 saturated carbocycles. The maximum absolute atomic E-state index is 12.3. The summed E-state index contributed by atoms with van der Waals surface area (Å²) in [5.74, 6) is -0.180. The molecule has 0 aliphatic carbocycles. The summed E-state index contributed by atoms with van der Waals surface area (Å²) in [6.07, 6.45) is 3.33. The molecule has 2 rings (SSSR count). The Morgan fingerprint density at radius 3 is 2.63 bits per heavy atom. The van der Waals surface area contributed by atoms with Crippen LogP contribution in [0.1, 0.15) is 28.8 Å². The van der Waals surface area contributed by atoms with Gasteiger partial charge in [0.15, 0.2) is 0 Å². The van der Waals surface area contributed by atoms with Crippen molar-refractivity contribution in [2.45, 2.75) is 24.6 Å². The van der Waals surface area contributed by atoms with E-state index in [1.54, 1.807) is 23.9 Å². The van der Waals surface area contributed by atoms with Crippen molar-refractivity contribution in [3.63, 3.8) is 0 Å². The molecular formula is C14H17NO3S. The van der Waals surface area contributed by atoms with Crippen molar-refractivity contribution in [3.05, 3.63) is 35.4 Å². The molecule has 1 heterocycles. The first kappa shape index (κ1) is 13.9. The maximum Gasteiger partial charge on any atom is 0.326 e. The van der Waals surface area contributed by atoms with Gasteiger partial charge in [0.05, 0.1) is 0 Å². The standard InChI is InChI=1S/C14H17NO3S/c1-19-9-10-4-6-11(7-5-10)13(16)15-8-2-3-12(15)14(17)18/h4-7,12H,2-3,8-9H2,1H3,(H,17,18). The Morgan fingerprint density at radius 2 is 2.05 bits per heavy atom. The Balaban J connectivity index is 2.12. The van der Waals surface area contributed by atoms with E-state index in [9.17, 15) is 9.59 Å². The zero-order valence-electron chi connectivity index (χ0n) is 10.8. The van der Waals surface area contributed by atoms with Crippen molar-refractivity contribution in [2.75, 3.05) is 12.8 Å². The molecule has 0 radical (unpaired) electrons. The van der Waals surface area contributed by atoms with Crippen molar-refractivity contribution in [3.8, 4) is 0 Å². The van der Waals surface area contributed by atoms with Crippen molar-refractivity contribution in [1.29, 1.82) is 0 Å². The molecule has 19 heavy (non-hydrogen) atoms. The number of likely N-dealkylation sites (tertiary alicyclic amines) is 1. The van der Waals surface area contributed by atoms with Gasteiger partial charge in [-0.2, -0.15) is 11.8 Å². The van der Waals surface area contributed by atoms with Crippen LogP contribution in [0.3, 0.4) is 0 Å². The summed E-state index contributed by atoms with van der Waals surface area (Å²) in [5, 5.41) is 9.10. The molecule has 1 fully saturated rings. The number of hydrogen-bond donors (Lipinski definition) is 1. The van der Waals surface area contributed by atoms with Gasteiger partial charge in [-0.25, -0.2) is 4.79 Å². The number of carbonyl (C=O) groups excluding carboxylic acids is 1. The first-order valence-electron chi connectivity index (χ1n) is 6.25. The van der Waals surface area contributed by atoms with Gasteiger partial charge >= 0.3 is 5.97 Å². The number of amides is 1. The van der Waals surface area contributed by atoms with E-state index in [0.29, 0.717) is 18.5 Å². The zero-order valence-corrected chi connectivity index (χ0v) is 11.7. The molecule has 0 spiro atoms. The lowest BCUT2D eigenvalue weighted by Gasteiger charge is -2.21. The van der Waals surface area contributed by atoms with Crippen molar-refractivity contribution >= 4 is 23.6 Å². The Labute approximate surface area is 116 Å². The number of nitrogens with zero attached hydrogens (tertiary/aromatic N) is 1. The minimum atomic E-state index is -0.912. The van der Waals surface area contributed by atoms with Crippen molar-refractivity contribution in [1.82, 2.24) is 4.90 Å². The fraction of sp³-hybridized carbons (Fsp3) is 0.429. The molecule has 1 saturated heterocycles. The number of carboxylic acid groups (broad SMARTS) is 1. The van der Waals surface area contributed by atoms with Crippen LogP contribution in [-0.4, -0.2) is 40.7 Å². The summed E-state index contributed by atoms with van der Waals surface area (Å²) in [7, 11) is 0. The van der Waals surface area contributed by atoms with Crippen LogP contribution in [0, 0.1) is 0 Å². The van der Waals surface area contributed by atoms with Gasteiger partial charge in [-0.3, -0.25) is 4.79 Å². The molecule has 1 atom stereocenters. The van der Waals surface area contributed by atoms with Crippen LogP contribution in [-0.2, 0) is 10.5 Å². The molecule has 1 N–H and O–H groups in total. The van der Waals surface area contributed by atoms with Crippen LogP contribution in [0.4, 0.5) is 0 Å². The van der Waals surface area contributed by atoms with Crippen LogP contribution < -0.4 is 0 Å². The summed E-state index contributed by atoms with van der Waals surface area (Å²) < 4.78 is 0. The van der Waals surface area contributed by atoms with E-state index in [1.165, 1.54) is 10.5 Å². The molecule has 1 aromatic carbocycles. The second kappa shape index (κ2) is 6.10. The van der Waals surface area contributed by atoms with Gasteiger partial charge in [0, 0.05) is 17.9 Å². The van der Waals surface area contributed by atoms with Gasteiger partial charge in [-0.1, -0.05) is 12.1 Å². The van der Waals surface area contributed by atoms with Crippen molar-refractivity contribution < 1.29 is 14.7 Å². The predicted molar refractivity (Wildman–Crippen MR) is 75.4 cm³/mol. The van der Waals surface area contributed by atoms with Crippen LogP contribution in [0.25, 0.3) is 0 Å². The van der Waals surface area contributed by atoms with E-state index in [2.05, 4.69) is 0 Å². The fourth-order valence-electron chi connectivity index (χ4n) is 2.34.